The Bertz CT molecular complexity index is 1510. The number of thioether (sulfide) groups is 1. The van der Waals surface area contributed by atoms with Gasteiger partial charge >= 0.3 is 5.97 Å². The minimum Gasteiger partial charge on any atom is -0.465 e. The van der Waals surface area contributed by atoms with Crippen LogP contribution in [-0.2, 0) is 28.3 Å². The number of aromatic nitrogens is 4. The summed E-state index contributed by atoms with van der Waals surface area (Å²) in [5.41, 5.74) is 2.95. The summed E-state index contributed by atoms with van der Waals surface area (Å²) in [6.07, 6.45) is 5.19. The molecular weight excluding hydrogens is 553 g/mol. The fourth-order valence-corrected chi connectivity index (χ4v) is 6.31. The molecule has 2 aliphatic heterocycles. The quantitative estimate of drug-likeness (QED) is 0.184. The lowest BCUT2D eigenvalue weighted by molar-refractivity contribution is -0.0592. The first-order valence-corrected chi connectivity index (χ1v) is 14.9. The number of hydrogen-bond donors (Lipinski definition) is 0. The van der Waals surface area contributed by atoms with Crippen LogP contribution < -0.4 is 0 Å². The molecule has 2 aliphatic rings. The molecule has 0 spiro atoms. The predicted octanol–water partition coefficient (Wildman–Crippen LogP) is 5.73. The Morgan fingerprint density at radius 3 is 2.73 bits per heavy atom. The standard InChI is InChI=1S/C29H31ClFN5O3S/c1-38-29(37)19-3-5-25-26(14-19)35(16-23-9-13-39-23)27(32-25)17-34-10-6-22(7-11-34)36-12-8-28(33-36)40-18-20-2-4-21(30)15-24(20)31/h2-5,8,12,14-15,22-23H,6-7,9-11,13,16-18H2,1H3/t23-/m0/s1. The zero-order chi connectivity index (χ0) is 27.6. The summed E-state index contributed by atoms with van der Waals surface area (Å²) in [6.45, 7) is 4.10. The van der Waals surface area contributed by atoms with E-state index in [1.54, 1.807) is 18.2 Å². The molecule has 2 saturated heterocycles. The van der Waals surface area contributed by atoms with Crippen LogP contribution >= 0.6 is 23.4 Å². The third kappa shape index (κ3) is 5.90. The zero-order valence-electron chi connectivity index (χ0n) is 22.3. The summed E-state index contributed by atoms with van der Waals surface area (Å²) in [5.74, 6) is 0.852. The third-order valence-corrected chi connectivity index (χ3v) is 8.90. The number of rotatable bonds is 9. The first-order chi connectivity index (χ1) is 19.5. The molecule has 6 rings (SSSR count). The van der Waals surface area contributed by atoms with Gasteiger partial charge in [-0.1, -0.05) is 29.4 Å². The number of esters is 1. The lowest BCUT2D eigenvalue weighted by atomic mass is 10.1. The van der Waals surface area contributed by atoms with Crippen molar-refractivity contribution in [3.05, 3.63) is 76.5 Å². The molecule has 2 aromatic carbocycles. The van der Waals surface area contributed by atoms with E-state index in [0.717, 1.165) is 73.9 Å². The van der Waals surface area contributed by atoms with E-state index in [2.05, 4.69) is 14.1 Å². The van der Waals surface area contributed by atoms with Crippen LogP contribution in [0.3, 0.4) is 0 Å². The number of methoxy groups -OCH3 is 1. The van der Waals surface area contributed by atoms with E-state index in [-0.39, 0.29) is 17.9 Å². The molecule has 0 unspecified atom stereocenters. The lowest BCUT2D eigenvalue weighted by Crippen LogP contribution is -2.36. The summed E-state index contributed by atoms with van der Waals surface area (Å²) in [5, 5.41) is 6.06. The smallest absolute Gasteiger partial charge is 0.337 e. The maximum absolute atomic E-state index is 14.1. The minimum absolute atomic E-state index is 0.173. The van der Waals surface area contributed by atoms with E-state index in [1.165, 1.54) is 24.9 Å². The highest BCUT2D eigenvalue weighted by Gasteiger charge is 2.26. The second-order valence-corrected chi connectivity index (χ2v) is 11.7. The number of imidazole rings is 1. The van der Waals surface area contributed by atoms with Crippen LogP contribution in [0.4, 0.5) is 4.39 Å². The fraction of sp³-hybridized carbons (Fsp3) is 0.414. The Balaban J connectivity index is 1.09. The Hall–Kier alpha value is -2.92. The van der Waals surface area contributed by atoms with Gasteiger partial charge < -0.3 is 14.0 Å². The van der Waals surface area contributed by atoms with Crippen LogP contribution in [0.25, 0.3) is 11.0 Å². The normalized spacial score (nSPS) is 18.2. The van der Waals surface area contributed by atoms with Gasteiger partial charge in [-0.3, -0.25) is 9.58 Å². The molecule has 0 bridgehead atoms. The van der Waals surface area contributed by atoms with Gasteiger partial charge in [0.25, 0.3) is 0 Å². The van der Waals surface area contributed by atoms with Crippen molar-refractivity contribution in [3.63, 3.8) is 0 Å². The molecule has 11 heteroatoms. The first kappa shape index (κ1) is 27.3. The summed E-state index contributed by atoms with van der Waals surface area (Å²) in [6, 6.07) is 12.6. The predicted molar refractivity (Wildman–Crippen MR) is 152 cm³/mol. The number of carbonyl (C=O) groups is 1. The largest absolute Gasteiger partial charge is 0.465 e. The van der Waals surface area contributed by atoms with E-state index in [1.807, 2.05) is 24.4 Å². The van der Waals surface area contributed by atoms with Crippen LogP contribution in [-0.4, -0.2) is 63.1 Å². The van der Waals surface area contributed by atoms with E-state index >= 15 is 0 Å². The minimum atomic E-state index is -0.351. The third-order valence-electron chi connectivity index (χ3n) is 7.70. The monoisotopic (exact) mass is 583 g/mol. The van der Waals surface area contributed by atoms with Gasteiger partial charge in [0, 0.05) is 36.7 Å². The van der Waals surface area contributed by atoms with Crippen LogP contribution in [0.1, 0.15) is 47.1 Å². The van der Waals surface area contributed by atoms with E-state index in [4.69, 9.17) is 31.2 Å². The Morgan fingerprint density at radius 2 is 2.00 bits per heavy atom. The molecule has 1 atom stereocenters. The van der Waals surface area contributed by atoms with Gasteiger partial charge in [-0.25, -0.2) is 14.2 Å². The second-order valence-electron chi connectivity index (χ2n) is 10.3. The molecule has 0 radical (unpaired) electrons. The van der Waals surface area contributed by atoms with Crippen molar-refractivity contribution >= 4 is 40.4 Å². The molecule has 40 heavy (non-hydrogen) atoms. The Kier molecular flexibility index (Phi) is 8.11. The van der Waals surface area contributed by atoms with Gasteiger partial charge in [-0.05, 0) is 61.2 Å². The first-order valence-electron chi connectivity index (χ1n) is 13.5. The number of ether oxygens (including phenoxy) is 2. The number of hydrogen-bond acceptors (Lipinski definition) is 7. The highest BCUT2D eigenvalue weighted by atomic mass is 35.5. The van der Waals surface area contributed by atoms with Crippen molar-refractivity contribution in [1.29, 1.82) is 0 Å². The summed E-state index contributed by atoms with van der Waals surface area (Å²) in [4.78, 5) is 19.5. The van der Waals surface area contributed by atoms with Crippen molar-refractivity contribution in [2.45, 2.75) is 55.3 Å². The van der Waals surface area contributed by atoms with Gasteiger partial charge in [0.2, 0.25) is 0 Å². The molecule has 0 saturated carbocycles. The maximum Gasteiger partial charge on any atom is 0.337 e. The van der Waals surface area contributed by atoms with Crippen molar-refractivity contribution in [2.24, 2.45) is 0 Å². The van der Waals surface area contributed by atoms with Crippen LogP contribution in [0.5, 0.6) is 0 Å². The number of likely N-dealkylation sites (tertiary alicyclic amines) is 1. The molecule has 0 N–H and O–H groups in total. The van der Waals surface area contributed by atoms with Crippen LogP contribution in [0, 0.1) is 5.82 Å². The van der Waals surface area contributed by atoms with Gasteiger partial charge in [0.15, 0.2) is 0 Å². The number of fused-ring (bicyclic) bond motifs is 1. The molecule has 210 valence electrons. The highest BCUT2D eigenvalue weighted by molar-refractivity contribution is 7.98. The van der Waals surface area contributed by atoms with E-state index in [9.17, 15) is 9.18 Å². The van der Waals surface area contributed by atoms with Crippen molar-refractivity contribution in [3.8, 4) is 0 Å². The second kappa shape index (κ2) is 11.9. The Morgan fingerprint density at radius 1 is 1.18 bits per heavy atom. The number of piperidine rings is 1. The van der Waals surface area contributed by atoms with Crippen molar-refractivity contribution < 1.29 is 18.7 Å². The van der Waals surface area contributed by atoms with Gasteiger partial charge in [0.1, 0.15) is 16.7 Å². The summed E-state index contributed by atoms with van der Waals surface area (Å²) >= 11 is 7.39. The average Bonchev–Trinajstić information content (AvgIpc) is 3.54. The molecule has 8 nitrogen and oxygen atoms in total. The van der Waals surface area contributed by atoms with E-state index < -0.39 is 0 Å². The van der Waals surface area contributed by atoms with Crippen molar-refractivity contribution in [2.75, 3.05) is 26.8 Å². The van der Waals surface area contributed by atoms with Crippen LogP contribution in [0.15, 0.2) is 53.7 Å². The maximum atomic E-state index is 14.1. The molecule has 2 aromatic heterocycles. The number of halogens is 2. The lowest BCUT2D eigenvalue weighted by Gasteiger charge is -2.32. The molecule has 4 aromatic rings. The topological polar surface area (TPSA) is 74.4 Å². The highest BCUT2D eigenvalue weighted by Crippen LogP contribution is 2.29. The van der Waals surface area contributed by atoms with Gasteiger partial charge in [-0.15, -0.1) is 0 Å². The molecule has 0 aliphatic carbocycles. The average molecular weight is 584 g/mol. The van der Waals surface area contributed by atoms with Gasteiger partial charge in [-0.2, -0.15) is 5.10 Å². The molecule has 4 heterocycles. The summed E-state index contributed by atoms with van der Waals surface area (Å²) in [7, 11) is 1.40. The zero-order valence-corrected chi connectivity index (χ0v) is 23.8. The Labute approximate surface area is 241 Å². The molecular formula is C29H31ClFN5O3S. The fourth-order valence-electron chi connectivity index (χ4n) is 5.31. The van der Waals surface area contributed by atoms with Crippen LogP contribution in [0.2, 0.25) is 5.02 Å². The number of benzene rings is 2. The van der Waals surface area contributed by atoms with Gasteiger partial charge in [0.05, 0.1) is 48.9 Å². The molecule has 0 amide bonds. The van der Waals surface area contributed by atoms with Crippen molar-refractivity contribution in [1.82, 2.24) is 24.2 Å². The summed E-state index contributed by atoms with van der Waals surface area (Å²) < 4.78 is 29.0. The number of carbonyl (C=O) groups excluding carboxylic acids is 1. The number of nitrogens with zero attached hydrogens (tertiary/aromatic N) is 5. The molecule has 2 fully saturated rings. The van der Waals surface area contributed by atoms with E-state index in [0.29, 0.717) is 27.9 Å². The SMILES string of the molecule is COC(=O)c1ccc2nc(CN3CCC(n4ccc(SCc5ccc(Cl)cc5F)n4)CC3)n(C[C@@H]3CCO3)c2c1.